The first-order chi connectivity index (χ1) is 11.4. The number of aryl methyl sites for hydroxylation is 3. The Balaban J connectivity index is 1.86. The Morgan fingerprint density at radius 3 is 2.38 bits per heavy atom. The third-order valence-corrected chi connectivity index (χ3v) is 3.25. The summed E-state index contributed by atoms with van der Waals surface area (Å²) in [5.41, 5.74) is 6.53. The number of benzene rings is 1. The van der Waals surface area contributed by atoms with Crippen LogP contribution in [0.4, 0.5) is 14.7 Å². The Morgan fingerprint density at radius 1 is 1.17 bits per heavy atom. The predicted octanol–water partition coefficient (Wildman–Crippen LogP) is 4.12. The van der Waals surface area contributed by atoms with Crippen LogP contribution in [0.3, 0.4) is 0 Å². The highest BCUT2D eigenvalue weighted by Gasteiger charge is 2.04. The minimum absolute atomic E-state index is 0.160. The van der Waals surface area contributed by atoms with Gasteiger partial charge in [0.05, 0.1) is 0 Å². The molecule has 0 aliphatic heterocycles. The van der Waals surface area contributed by atoms with Crippen molar-refractivity contribution in [2.75, 3.05) is 5.43 Å². The molecule has 0 aliphatic carbocycles. The number of nitrogens with one attached hydrogen (secondary N) is 1. The van der Waals surface area contributed by atoms with E-state index in [-0.39, 0.29) is 5.75 Å². The number of anilines is 1. The van der Waals surface area contributed by atoms with Gasteiger partial charge in [-0.15, -0.1) is 0 Å². The van der Waals surface area contributed by atoms with E-state index in [1.807, 2.05) is 26.8 Å². The van der Waals surface area contributed by atoms with E-state index in [0.29, 0.717) is 5.95 Å². The summed E-state index contributed by atoms with van der Waals surface area (Å²) in [5, 5.41) is 4.27. The molecule has 0 radical (unpaired) electrons. The maximum absolute atomic E-state index is 12.1. The summed E-state index contributed by atoms with van der Waals surface area (Å²) in [5.74, 6) is 0.633. The fourth-order valence-corrected chi connectivity index (χ4v) is 2.14. The third-order valence-electron chi connectivity index (χ3n) is 3.25. The van der Waals surface area contributed by atoms with Gasteiger partial charge in [-0.3, -0.25) is 0 Å². The smallest absolute Gasteiger partial charge is 0.387 e. The highest BCUT2D eigenvalue weighted by molar-refractivity contribution is 5.82. The molecule has 0 atom stereocenters. The zero-order valence-electron chi connectivity index (χ0n) is 13.9. The molecule has 2 rings (SSSR count). The Kier molecular flexibility index (Phi) is 6.17. The third kappa shape index (κ3) is 5.91. The minimum Gasteiger partial charge on any atom is -0.435 e. The van der Waals surface area contributed by atoms with Gasteiger partial charge in [-0.2, -0.15) is 13.9 Å². The molecule has 1 heterocycles. The van der Waals surface area contributed by atoms with Gasteiger partial charge in [-0.05, 0) is 57.4 Å². The monoisotopic (exact) mass is 334 g/mol. The second kappa shape index (κ2) is 8.33. The molecule has 5 nitrogen and oxygen atoms in total. The van der Waals surface area contributed by atoms with E-state index in [4.69, 9.17) is 0 Å². The average Bonchev–Trinajstić information content (AvgIpc) is 2.51. The minimum atomic E-state index is -2.80. The van der Waals surface area contributed by atoms with Gasteiger partial charge in [-0.25, -0.2) is 15.4 Å². The summed E-state index contributed by atoms with van der Waals surface area (Å²) in [6, 6.07) is 8.51. The maximum Gasteiger partial charge on any atom is 0.387 e. The van der Waals surface area contributed by atoms with Crippen LogP contribution in [0.25, 0.3) is 0 Å². The topological polar surface area (TPSA) is 59.4 Å². The molecule has 0 saturated carbocycles. The number of nitrogens with zero attached hydrogens (tertiary/aromatic N) is 3. The predicted molar refractivity (Wildman–Crippen MR) is 89.6 cm³/mol. The number of ether oxygens (including phenoxy) is 1. The van der Waals surface area contributed by atoms with E-state index in [2.05, 4.69) is 25.2 Å². The van der Waals surface area contributed by atoms with Crippen molar-refractivity contribution < 1.29 is 13.5 Å². The summed E-state index contributed by atoms with van der Waals surface area (Å²) in [4.78, 5) is 8.51. The van der Waals surface area contributed by atoms with Crippen LogP contribution in [0.2, 0.25) is 0 Å². The fourth-order valence-electron chi connectivity index (χ4n) is 2.14. The van der Waals surface area contributed by atoms with Gasteiger partial charge in [0.25, 0.3) is 0 Å². The Hall–Kier alpha value is -2.57. The summed E-state index contributed by atoms with van der Waals surface area (Å²) in [7, 11) is 0. The van der Waals surface area contributed by atoms with Crippen LogP contribution < -0.4 is 10.2 Å². The van der Waals surface area contributed by atoms with Crippen molar-refractivity contribution in [3.05, 3.63) is 47.3 Å². The number of hydrogen-bond donors (Lipinski definition) is 1. The van der Waals surface area contributed by atoms with Crippen molar-refractivity contribution in [1.82, 2.24) is 9.97 Å². The molecule has 2 aromatic rings. The largest absolute Gasteiger partial charge is 0.435 e. The van der Waals surface area contributed by atoms with Crippen molar-refractivity contribution in [3.63, 3.8) is 0 Å². The van der Waals surface area contributed by atoms with Crippen LogP contribution >= 0.6 is 0 Å². The van der Waals surface area contributed by atoms with E-state index in [1.54, 1.807) is 12.1 Å². The van der Waals surface area contributed by atoms with Gasteiger partial charge >= 0.3 is 6.61 Å². The normalized spacial score (nSPS) is 11.7. The number of rotatable bonds is 7. The van der Waals surface area contributed by atoms with Crippen molar-refractivity contribution in [2.45, 2.75) is 40.2 Å². The van der Waals surface area contributed by atoms with Crippen LogP contribution in [-0.2, 0) is 6.42 Å². The first-order valence-corrected chi connectivity index (χ1v) is 7.57. The summed E-state index contributed by atoms with van der Waals surface area (Å²) in [6.45, 7) is 2.91. The fraction of sp³-hybridized carbons (Fsp3) is 0.353. The highest BCUT2D eigenvalue weighted by atomic mass is 19.3. The molecule has 128 valence electrons. The van der Waals surface area contributed by atoms with Gasteiger partial charge in [0.15, 0.2) is 0 Å². The quantitative estimate of drug-likeness (QED) is 0.611. The van der Waals surface area contributed by atoms with E-state index in [1.165, 1.54) is 12.1 Å². The molecule has 0 saturated heterocycles. The molecule has 1 N–H and O–H groups in total. The zero-order chi connectivity index (χ0) is 17.5. The number of hydrazone groups is 1. The van der Waals surface area contributed by atoms with Crippen molar-refractivity contribution in [2.24, 2.45) is 5.10 Å². The Bertz CT molecular complexity index is 682. The summed E-state index contributed by atoms with van der Waals surface area (Å²) < 4.78 is 28.5. The van der Waals surface area contributed by atoms with Gasteiger partial charge in [-0.1, -0.05) is 12.1 Å². The molecule has 0 aliphatic rings. The summed E-state index contributed by atoms with van der Waals surface area (Å²) >= 11 is 0. The van der Waals surface area contributed by atoms with Gasteiger partial charge in [0.2, 0.25) is 5.95 Å². The number of aromatic nitrogens is 2. The molecule has 1 aromatic carbocycles. The zero-order valence-corrected chi connectivity index (χ0v) is 13.9. The number of alkyl halides is 2. The standard InChI is InChI=1S/C17H20F2N4O/c1-11(22-23-17-20-12(2)10-13(3)21-17)4-5-14-6-8-15(9-7-14)24-16(18)19/h6-10,16H,4-5H2,1-3H3,(H,20,21,23)/b22-11-. The maximum atomic E-state index is 12.1. The van der Waals surface area contributed by atoms with Gasteiger partial charge in [0, 0.05) is 17.1 Å². The van der Waals surface area contributed by atoms with Crippen molar-refractivity contribution >= 4 is 11.7 Å². The van der Waals surface area contributed by atoms with Crippen LogP contribution in [0, 0.1) is 13.8 Å². The molecule has 24 heavy (non-hydrogen) atoms. The van der Waals surface area contributed by atoms with Crippen LogP contribution in [0.5, 0.6) is 5.75 Å². The molecule has 7 heteroatoms. The van der Waals surface area contributed by atoms with E-state index >= 15 is 0 Å². The molecule has 0 fully saturated rings. The number of hydrogen-bond acceptors (Lipinski definition) is 5. The van der Waals surface area contributed by atoms with Crippen LogP contribution in [0.15, 0.2) is 35.4 Å². The van der Waals surface area contributed by atoms with Gasteiger partial charge in [0.1, 0.15) is 5.75 Å². The molecular weight excluding hydrogens is 314 g/mol. The molecule has 1 aromatic heterocycles. The Labute approximate surface area is 139 Å². The van der Waals surface area contributed by atoms with Crippen molar-refractivity contribution in [1.29, 1.82) is 0 Å². The van der Waals surface area contributed by atoms with E-state index < -0.39 is 6.61 Å². The molecular formula is C17H20F2N4O. The Morgan fingerprint density at radius 2 is 1.79 bits per heavy atom. The van der Waals surface area contributed by atoms with Crippen molar-refractivity contribution in [3.8, 4) is 5.75 Å². The lowest BCUT2D eigenvalue weighted by molar-refractivity contribution is -0.0498. The number of halogens is 2. The van der Waals surface area contributed by atoms with E-state index in [0.717, 1.165) is 35.5 Å². The summed E-state index contributed by atoms with van der Waals surface area (Å²) in [6.07, 6.45) is 1.48. The van der Waals surface area contributed by atoms with Crippen LogP contribution in [-0.4, -0.2) is 22.3 Å². The highest BCUT2D eigenvalue weighted by Crippen LogP contribution is 2.16. The molecule has 0 spiro atoms. The second-order valence-corrected chi connectivity index (χ2v) is 5.46. The lowest BCUT2D eigenvalue weighted by Gasteiger charge is -2.06. The molecule has 0 amide bonds. The lowest BCUT2D eigenvalue weighted by Crippen LogP contribution is -2.04. The SMILES string of the molecule is C/C(CCc1ccc(OC(F)F)cc1)=N/Nc1nc(C)cc(C)n1. The first kappa shape index (κ1) is 17.8. The van der Waals surface area contributed by atoms with E-state index in [9.17, 15) is 8.78 Å². The average molecular weight is 334 g/mol. The first-order valence-electron chi connectivity index (χ1n) is 7.57. The second-order valence-electron chi connectivity index (χ2n) is 5.46. The van der Waals surface area contributed by atoms with Gasteiger partial charge < -0.3 is 4.74 Å². The lowest BCUT2D eigenvalue weighted by atomic mass is 10.1. The van der Waals surface area contributed by atoms with Crippen LogP contribution in [0.1, 0.15) is 30.3 Å². The molecule has 0 unspecified atom stereocenters. The molecule has 0 bridgehead atoms.